The molecule has 1 aliphatic carbocycles. The van der Waals surface area contributed by atoms with Crippen LogP contribution in [-0.4, -0.2) is 92.4 Å². The fourth-order valence-corrected chi connectivity index (χ4v) is 12.1. The number of aliphatic hydroxyl groups excluding tert-OH is 1. The van der Waals surface area contributed by atoms with Crippen molar-refractivity contribution in [2.45, 2.75) is 108 Å². The Bertz CT molecular complexity index is 2500. The highest BCUT2D eigenvalue weighted by Gasteiger charge is 2.53. The molecule has 1 aromatic heterocycles. The Hall–Kier alpha value is -4.72. The third-order valence-corrected chi connectivity index (χ3v) is 15.9. The Morgan fingerprint density at radius 1 is 1.02 bits per heavy atom. The zero-order valence-electron chi connectivity index (χ0n) is 37.9. The zero-order chi connectivity index (χ0) is 47.8. The molecule has 0 unspecified atom stereocenters. The van der Waals surface area contributed by atoms with Crippen LogP contribution in [0.25, 0.3) is 10.4 Å². The number of aromatic carboxylic acids is 1. The third kappa shape index (κ3) is 11.0. The van der Waals surface area contributed by atoms with E-state index in [-0.39, 0.29) is 65.9 Å². The third-order valence-electron chi connectivity index (χ3n) is 12.7. The lowest BCUT2D eigenvalue weighted by molar-refractivity contribution is -0.181. The number of methoxy groups -OCH3 is 1. The SMILES string of the molecule is COc1ccc(S(=O)(=O)N(CC(C)C)C[C@@H](O)[C@H](Cc2ccc(NCc3cc(C(F)(F)F)ccc3-c3sc4c(c3C(=O)O)CC(C)(C)CC4)cc2)NC(=O)O[C@H]2CO[C@@]3(C)OCC[C@@H]23)cc1. The number of alkyl carbamates (subject to hydrolysis) is 1. The number of halogens is 3. The summed E-state index contributed by atoms with van der Waals surface area (Å²) < 4.78 is 94.0. The van der Waals surface area contributed by atoms with E-state index in [1.54, 1.807) is 31.2 Å². The summed E-state index contributed by atoms with van der Waals surface area (Å²) in [5.74, 6) is -1.84. The number of anilines is 1. The maximum atomic E-state index is 14.1. The summed E-state index contributed by atoms with van der Waals surface area (Å²) in [5.41, 5.74) is 1.75. The van der Waals surface area contributed by atoms with Crippen molar-refractivity contribution in [1.82, 2.24) is 9.62 Å². The molecule has 3 aliphatic rings. The largest absolute Gasteiger partial charge is 0.497 e. The van der Waals surface area contributed by atoms with Crippen LogP contribution in [0.4, 0.5) is 23.7 Å². The first-order valence-electron chi connectivity index (χ1n) is 22.1. The first-order chi connectivity index (χ1) is 31.1. The van der Waals surface area contributed by atoms with Gasteiger partial charge in [-0.05, 0) is 121 Å². The second-order valence-electron chi connectivity index (χ2n) is 18.7. The van der Waals surface area contributed by atoms with Crippen molar-refractivity contribution in [1.29, 1.82) is 0 Å². The van der Waals surface area contributed by atoms with Crippen molar-refractivity contribution in [3.8, 4) is 16.2 Å². The Balaban J connectivity index is 1.12. The van der Waals surface area contributed by atoms with Crippen LogP contribution in [0.1, 0.15) is 84.9 Å². The summed E-state index contributed by atoms with van der Waals surface area (Å²) in [6.07, 6.45) is -4.72. The average molecular weight is 958 g/mol. The Morgan fingerprint density at radius 2 is 1.73 bits per heavy atom. The number of alkyl halides is 3. The van der Waals surface area contributed by atoms with E-state index >= 15 is 0 Å². The number of ether oxygens (including phenoxy) is 4. The predicted octanol–water partition coefficient (Wildman–Crippen LogP) is 8.76. The molecule has 358 valence electrons. The highest BCUT2D eigenvalue weighted by Crippen LogP contribution is 2.47. The van der Waals surface area contributed by atoms with E-state index in [4.69, 9.17) is 18.9 Å². The van der Waals surface area contributed by atoms with Crippen molar-refractivity contribution in [2.24, 2.45) is 17.3 Å². The number of sulfonamides is 1. The molecule has 4 N–H and O–H groups in total. The molecule has 0 spiro atoms. The van der Waals surface area contributed by atoms with Crippen LogP contribution in [0.15, 0.2) is 71.6 Å². The standard InChI is InChI=1S/C48H58F3N3O10S2/c1-28(2)25-54(66(59,60)34-14-12-33(61-6)13-15-34)26-39(55)38(53-45(58)64-40-27-63-47(5)37(40)18-20-62-47)21-29-7-10-32(11-8-29)52-24-30-22-31(48(49,50)51)9-16-35(30)43-42(44(56)57)36-23-46(3,4)19-17-41(36)65-43/h7-16,22,28,37-40,52,55H,17-21,23-27H2,1-6H3,(H,53,58)(H,56,57)/t37-,38-,39+,40-,47+/m0/s1. The molecule has 0 bridgehead atoms. The molecule has 3 heterocycles. The van der Waals surface area contributed by atoms with Gasteiger partial charge in [-0.3, -0.25) is 0 Å². The molecule has 7 rings (SSSR count). The fraction of sp³-hybridized carbons (Fsp3) is 0.500. The number of aryl methyl sites for hydroxylation is 1. The van der Waals surface area contributed by atoms with Crippen molar-refractivity contribution in [3.63, 3.8) is 0 Å². The summed E-state index contributed by atoms with van der Waals surface area (Å²) in [6.45, 7) is 9.87. The summed E-state index contributed by atoms with van der Waals surface area (Å²) in [6, 6.07) is 15.1. The van der Waals surface area contributed by atoms with Crippen LogP contribution in [-0.2, 0) is 56.2 Å². The monoisotopic (exact) mass is 957 g/mol. The number of nitrogens with one attached hydrogen (secondary N) is 2. The smallest absolute Gasteiger partial charge is 0.416 e. The number of amides is 1. The first kappa shape index (κ1) is 49.2. The average Bonchev–Trinajstić information content (AvgIpc) is 3.92. The molecule has 2 saturated heterocycles. The lowest BCUT2D eigenvalue weighted by Crippen LogP contribution is -2.51. The second kappa shape index (κ2) is 19.5. The molecule has 66 heavy (non-hydrogen) atoms. The van der Waals surface area contributed by atoms with E-state index in [9.17, 15) is 41.4 Å². The number of thiophene rings is 1. The topological polar surface area (TPSA) is 173 Å². The van der Waals surface area contributed by atoms with E-state index < -0.39 is 57.9 Å². The minimum absolute atomic E-state index is 0.00403. The van der Waals surface area contributed by atoms with E-state index in [0.29, 0.717) is 53.3 Å². The minimum Gasteiger partial charge on any atom is -0.497 e. The molecule has 2 fully saturated rings. The Kier molecular flexibility index (Phi) is 14.5. The van der Waals surface area contributed by atoms with Crippen molar-refractivity contribution in [2.75, 3.05) is 38.7 Å². The number of carboxylic acids is 1. The highest BCUT2D eigenvalue weighted by atomic mass is 32.2. The number of fused-ring (bicyclic) bond motifs is 2. The van der Waals surface area contributed by atoms with Crippen LogP contribution in [0.2, 0.25) is 0 Å². The molecule has 4 aromatic rings. The molecular formula is C48H58F3N3O10S2. The van der Waals surface area contributed by atoms with Crippen LogP contribution in [0, 0.1) is 17.3 Å². The lowest BCUT2D eigenvalue weighted by Gasteiger charge is -2.31. The number of nitrogens with zero attached hydrogens (tertiary/aromatic N) is 1. The van der Waals surface area contributed by atoms with Crippen molar-refractivity contribution >= 4 is 39.1 Å². The number of rotatable bonds is 17. The van der Waals surface area contributed by atoms with Gasteiger partial charge in [0.1, 0.15) is 11.9 Å². The summed E-state index contributed by atoms with van der Waals surface area (Å²) in [4.78, 5) is 27.7. The van der Waals surface area contributed by atoms with Gasteiger partial charge in [-0.1, -0.05) is 45.9 Å². The van der Waals surface area contributed by atoms with Gasteiger partial charge in [-0.2, -0.15) is 17.5 Å². The molecule has 0 saturated carbocycles. The number of hydrogen-bond donors (Lipinski definition) is 4. The van der Waals surface area contributed by atoms with Gasteiger partial charge in [0.15, 0.2) is 5.79 Å². The van der Waals surface area contributed by atoms with Crippen LogP contribution in [0.5, 0.6) is 5.75 Å². The second-order valence-corrected chi connectivity index (χ2v) is 21.7. The molecule has 3 aromatic carbocycles. The predicted molar refractivity (Wildman–Crippen MR) is 243 cm³/mol. The number of hydrogen-bond acceptors (Lipinski definition) is 11. The zero-order valence-corrected chi connectivity index (χ0v) is 39.5. The number of carbonyl (C=O) groups excluding carboxylic acids is 1. The van der Waals surface area contributed by atoms with Gasteiger partial charge < -0.3 is 39.8 Å². The van der Waals surface area contributed by atoms with Crippen LogP contribution in [0.3, 0.4) is 0 Å². The molecule has 13 nitrogen and oxygen atoms in total. The summed E-state index contributed by atoms with van der Waals surface area (Å²) >= 11 is 1.33. The first-order valence-corrected chi connectivity index (χ1v) is 24.3. The van der Waals surface area contributed by atoms with Gasteiger partial charge >= 0.3 is 18.2 Å². The van der Waals surface area contributed by atoms with E-state index in [1.165, 1.54) is 53.1 Å². The van der Waals surface area contributed by atoms with Gasteiger partial charge in [0.25, 0.3) is 0 Å². The van der Waals surface area contributed by atoms with E-state index in [2.05, 4.69) is 24.5 Å². The number of benzene rings is 3. The van der Waals surface area contributed by atoms with Gasteiger partial charge in [-0.15, -0.1) is 11.3 Å². The molecule has 2 aliphatic heterocycles. The van der Waals surface area contributed by atoms with Crippen LogP contribution >= 0.6 is 11.3 Å². The molecule has 5 atom stereocenters. The van der Waals surface area contributed by atoms with Gasteiger partial charge in [0, 0.05) is 35.1 Å². The normalized spacial score (nSPS) is 21.3. The van der Waals surface area contributed by atoms with Gasteiger partial charge in [0.2, 0.25) is 10.0 Å². The molecule has 0 radical (unpaired) electrons. The number of aliphatic hydroxyl groups is 1. The summed E-state index contributed by atoms with van der Waals surface area (Å²) in [7, 11) is -2.65. The van der Waals surface area contributed by atoms with Crippen LogP contribution < -0.4 is 15.4 Å². The maximum absolute atomic E-state index is 14.1. The Morgan fingerprint density at radius 3 is 2.38 bits per heavy atom. The van der Waals surface area contributed by atoms with Crippen molar-refractivity contribution < 1.29 is 60.3 Å². The lowest BCUT2D eigenvalue weighted by atomic mass is 9.76. The van der Waals surface area contributed by atoms with Crippen molar-refractivity contribution in [3.05, 3.63) is 99.4 Å². The molecule has 18 heteroatoms. The quantitative estimate of drug-likeness (QED) is 0.0797. The maximum Gasteiger partial charge on any atom is 0.416 e. The number of carbonyl (C=O) groups is 2. The highest BCUT2D eigenvalue weighted by molar-refractivity contribution is 7.89. The molecular weight excluding hydrogens is 900 g/mol. The number of carboxylic acid groups (broad SMARTS) is 1. The summed E-state index contributed by atoms with van der Waals surface area (Å²) in [5, 5.41) is 28.3. The minimum atomic E-state index is -4.63. The van der Waals surface area contributed by atoms with Gasteiger partial charge in [0.05, 0.1) is 54.4 Å². The molecule has 1 amide bonds. The van der Waals surface area contributed by atoms with Gasteiger partial charge in [-0.25, -0.2) is 18.0 Å². The van der Waals surface area contributed by atoms with E-state index in [0.717, 1.165) is 29.0 Å². The Labute approximate surface area is 387 Å². The fourth-order valence-electron chi connectivity index (χ4n) is 9.11. The van der Waals surface area contributed by atoms with E-state index in [1.807, 2.05) is 13.8 Å².